The molecule has 1 atom stereocenters. The third kappa shape index (κ3) is 3.78. The first-order valence-electron chi connectivity index (χ1n) is 7.83. The van der Waals surface area contributed by atoms with Crippen LogP contribution in [0, 0.1) is 0 Å². The predicted octanol–water partition coefficient (Wildman–Crippen LogP) is 1.13. The van der Waals surface area contributed by atoms with Gasteiger partial charge >= 0.3 is 5.97 Å². The van der Waals surface area contributed by atoms with Crippen LogP contribution in [0.1, 0.15) is 11.1 Å². The summed E-state index contributed by atoms with van der Waals surface area (Å²) in [7, 11) is 1.88. The number of carboxylic acid groups (broad SMARTS) is 1. The summed E-state index contributed by atoms with van der Waals surface area (Å²) in [5, 5.41) is 13.6. The molecule has 1 saturated heterocycles. The lowest BCUT2D eigenvalue weighted by atomic mass is 10.1. The number of likely N-dealkylation sites (N-methyl/N-ethyl adjacent to an activating group) is 1. The predicted molar refractivity (Wildman–Crippen MR) is 87.1 cm³/mol. The summed E-state index contributed by atoms with van der Waals surface area (Å²) < 4.78 is 1.91. The molecule has 0 saturated carbocycles. The first-order chi connectivity index (χ1) is 11.1. The van der Waals surface area contributed by atoms with Crippen LogP contribution in [0.25, 0.3) is 0 Å². The van der Waals surface area contributed by atoms with E-state index in [1.165, 1.54) is 11.1 Å². The molecule has 0 radical (unpaired) electrons. The Bertz CT molecular complexity index is 656. The van der Waals surface area contributed by atoms with Crippen LogP contribution >= 0.6 is 0 Å². The Balaban J connectivity index is 1.71. The Hall–Kier alpha value is -2.18. The van der Waals surface area contributed by atoms with Crippen molar-refractivity contribution in [3.05, 3.63) is 53.9 Å². The number of carbonyl (C=O) groups is 1. The average molecular weight is 314 g/mol. The number of hydrogen-bond acceptors (Lipinski definition) is 4. The van der Waals surface area contributed by atoms with Crippen molar-refractivity contribution in [2.24, 2.45) is 0 Å². The van der Waals surface area contributed by atoms with Crippen LogP contribution in [0.15, 0.2) is 42.7 Å². The summed E-state index contributed by atoms with van der Waals surface area (Å²) in [6, 6.07) is 9.79. The smallest absolute Gasteiger partial charge is 0.322 e. The van der Waals surface area contributed by atoms with E-state index in [0.29, 0.717) is 6.54 Å². The molecule has 3 rings (SSSR count). The molecule has 1 aliphatic rings. The minimum absolute atomic E-state index is 0.429. The number of carboxylic acids is 1. The lowest BCUT2D eigenvalue weighted by molar-refractivity contribution is -0.145. The average Bonchev–Trinajstić information content (AvgIpc) is 3.04. The molecule has 1 aliphatic heterocycles. The Labute approximate surface area is 135 Å². The lowest BCUT2D eigenvalue weighted by Crippen LogP contribution is -2.54. The van der Waals surface area contributed by atoms with E-state index in [9.17, 15) is 9.90 Å². The van der Waals surface area contributed by atoms with Crippen LogP contribution in [-0.4, -0.2) is 63.4 Å². The van der Waals surface area contributed by atoms with Gasteiger partial charge in [-0.05, 0) is 24.2 Å². The minimum atomic E-state index is -0.748. The van der Waals surface area contributed by atoms with Gasteiger partial charge in [0.1, 0.15) is 6.04 Å². The van der Waals surface area contributed by atoms with E-state index in [2.05, 4.69) is 22.1 Å². The SMILES string of the molecule is CN1CCN(Cc2ccccc2Cn2cccn2)CC1C(=O)O. The molecule has 122 valence electrons. The molecule has 6 heteroatoms. The number of hydrogen-bond donors (Lipinski definition) is 1. The van der Waals surface area contributed by atoms with E-state index in [0.717, 1.165) is 26.2 Å². The molecule has 23 heavy (non-hydrogen) atoms. The molecular formula is C17H22N4O2. The van der Waals surface area contributed by atoms with E-state index in [1.54, 1.807) is 6.20 Å². The number of nitrogens with zero attached hydrogens (tertiary/aromatic N) is 4. The van der Waals surface area contributed by atoms with Gasteiger partial charge < -0.3 is 5.11 Å². The Morgan fingerprint density at radius 2 is 1.96 bits per heavy atom. The number of benzene rings is 1. The highest BCUT2D eigenvalue weighted by Gasteiger charge is 2.29. The van der Waals surface area contributed by atoms with Gasteiger partial charge in [-0.3, -0.25) is 19.3 Å². The van der Waals surface area contributed by atoms with E-state index >= 15 is 0 Å². The van der Waals surface area contributed by atoms with Gasteiger partial charge in [-0.15, -0.1) is 0 Å². The largest absolute Gasteiger partial charge is 0.480 e. The molecule has 0 spiro atoms. The lowest BCUT2D eigenvalue weighted by Gasteiger charge is -2.37. The van der Waals surface area contributed by atoms with Gasteiger partial charge in [0.05, 0.1) is 6.54 Å². The molecule has 2 heterocycles. The monoisotopic (exact) mass is 314 g/mol. The summed E-state index contributed by atoms with van der Waals surface area (Å²) in [4.78, 5) is 15.5. The summed E-state index contributed by atoms with van der Waals surface area (Å²) in [6.07, 6.45) is 3.73. The molecule has 1 unspecified atom stereocenters. The normalized spacial score (nSPS) is 19.8. The standard InChI is InChI=1S/C17H22N4O2/c1-19-9-10-20(13-16(19)17(22)23)11-14-5-2-3-6-15(14)12-21-8-4-7-18-21/h2-8,16H,9-13H2,1H3,(H,22,23). The van der Waals surface area contributed by atoms with Crippen molar-refractivity contribution in [3.63, 3.8) is 0 Å². The van der Waals surface area contributed by atoms with Crippen molar-refractivity contribution in [1.82, 2.24) is 19.6 Å². The summed E-state index contributed by atoms with van der Waals surface area (Å²) >= 11 is 0. The number of piperazine rings is 1. The second-order valence-corrected chi connectivity index (χ2v) is 6.04. The van der Waals surface area contributed by atoms with Crippen molar-refractivity contribution in [2.45, 2.75) is 19.1 Å². The highest BCUT2D eigenvalue weighted by molar-refractivity contribution is 5.73. The number of rotatable bonds is 5. The Kier molecular flexibility index (Phi) is 4.73. The van der Waals surface area contributed by atoms with Gasteiger partial charge in [-0.2, -0.15) is 5.10 Å². The highest BCUT2D eigenvalue weighted by atomic mass is 16.4. The zero-order valence-electron chi connectivity index (χ0n) is 13.3. The molecular weight excluding hydrogens is 292 g/mol. The van der Waals surface area contributed by atoms with Crippen LogP contribution in [0.4, 0.5) is 0 Å². The van der Waals surface area contributed by atoms with E-state index in [4.69, 9.17) is 0 Å². The van der Waals surface area contributed by atoms with Crippen LogP contribution in [0.2, 0.25) is 0 Å². The fourth-order valence-electron chi connectivity index (χ4n) is 3.02. The van der Waals surface area contributed by atoms with E-state index in [-0.39, 0.29) is 0 Å². The Morgan fingerprint density at radius 1 is 1.22 bits per heavy atom. The second kappa shape index (κ2) is 6.93. The first kappa shape index (κ1) is 15.7. The van der Waals surface area contributed by atoms with Crippen molar-refractivity contribution < 1.29 is 9.90 Å². The molecule has 0 amide bonds. The molecule has 1 N–H and O–H groups in total. The van der Waals surface area contributed by atoms with Gasteiger partial charge in [0.2, 0.25) is 0 Å². The zero-order chi connectivity index (χ0) is 16.2. The van der Waals surface area contributed by atoms with Crippen LogP contribution < -0.4 is 0 Å². The summed E-state index contributed by atoms with van der Waals surface area (Å²) in [5.74, 6) is -0.748. The number of aromatic nitrogens is 2. The second-order valence-electron chi connectivity index (χ2n) is 6.04. The summed E-state index contributed by atoms with van der Waals surface area (Å²) in [5.41, 5.74) is 2.46. The van der Waals surface area contributed by atoms with Crippen LogP contribution in [-0.2, 0) is 17.9 Å². The molecule has 2 aromatic rings. The quantitative estimate of drug-likeness (QED) is 0.896. The van der Waals surface area contributed by atoms with Crippen molar-refractivity contribution in [2.75, 3.05) is 26.7 Å². The fourth-order valence-corrected chi connectivity index (χ4v) is 3.02. The minimum Gasteiger partial charge on any atom is -0.480 e. The van der Waals surface area contributed by atoms with Gasteiger partial charge in [0, 0.05) is 38.6 Å². The van der Waals surface area contributed by atoms with E-state index < -0.39 is 12.0 Å². The molecule has 1 fully saturated rings. The van der Waals surface area contributed by atoms with Crippen molar-refractivity contribution in [1.29, 1.82) is 0 Å². The molecule has 0 bridgehead atoms. The summed E-state index contributed by atoms with van der Waals surface area (Å²) in [6.45, 7) is 3.73. The molecule has 6 nitrogen and oxygen atoms in total. The maximum atomic E-state index is 11.4. The topological polar surface area (TPSA) is 61.6 Å². The molecule has 1 aromatic carbocycles. The van der Waals surface area contributed by atoms with E-state index in [1.807, 2.05) is 41.0 Å². The maximum absolute atomic E-state index is 11.4. The van der Waals surface area contributed by atoms with Crippen molar-refractivity contribution >= 4 is 5.97 Å². The zero-order valence-corrected chi connectivity index (χ0v) is 13.3. The first-order valence-corrected chi connectivity index (χ1v) is 7.83. The molecule has 0 aliphatic carbocycles. The maximum Gasteiger partial charge on any atom is 0.322 e. The van der Waals surface area contributed by atoms with Gasteiger partial charge in [-0.1, -0.05) is 24.3 Å². The Morgan fingerprint density at radius 3 is 2.61 bits per heavy atom. The van der Waals surface area contributed by atoms with Gasteiger partial charge in [0.25, 0.3) is 0 Å². The van der Waals surface area contributed by atoms with Gasteiger partial charge in [-0.25, -0.2) is 0 Å². The number of aliphatic carboxylic acids is 1. The van der Waals surface area contributed by atoms with Crippen LogP contribution in [0.3, 0.4) is 0 Å². The third-order valence-electron chi connectivity index (χ3n) is 4.42. The van der Waals surface area contributed by atoms with Gasteiger partial charge in [0.15, 0.2) is 0 Å². The third-order valence-corrected chi connectivity index (χ3v) is 4.42. The molecule has 1 aromatic heterocycles. The van der Waals surface area contributed by atoms with Crippen LogP contribution in [0.5, 0.6) is 0 Å². The fraction of sp³-hybridized carbons (Fsp3) is 0.412. The van der Waals surface area contributed by atoms with Crippen molar-refractivity contribution in [3.8, 4) is 0 Å². The highest BCUT2D eigenvalue weighted by Crippen LogP contribution is 2.16.